The van der Waals surface area contributed by atoms with E-state index in [0.29, 0.717) is 16.7 Å². The van der Waals surface area contributed by atoms with Crippen LogP contribution in [0, 0.1) is 6.92 Å². The minimum atomic E-state index is -0.239. The second-order valence-electron chi connectivity index (χ2n) is 3.94. The van der Waals surface area contributed by atoms with E-state index in [1.165, 1.54) is 0 Å². The van der Waals surface area contributed by atoms with Gasteiger partial charge < -0.3 is 9.67 Å². The van der Waals surface area contributed by atoms with E-state index >= 15 is 0 Å². The van der Waals surface area contributed by atoms with Crippen LogP contribution in [-0.4, -0.2) is 9.67 Å². The predicted molar refractivity (Wildman–Crippen MR) is 78.0 cm³/mol. The zero-order valence-electron chi connectivity index (χ0n) is 9.65. The van der Waals surface area contributed by atoms with Crippen molar-refractivity contribution in [1.29, 1.82) is 0 Å². The van der Waals surface area contributed by atoms with Gasteiger partial charge in [0, 0.05) is 5.69 Å². The molecule has 2 rings (SSSR count). The number of aromatic hydroxyl groups is 1. The van der Waals surface area contributed by atoms with Crippen molar-refractivity contribution in [3.8, 4) is 5.75 Å². The van der Waals surface area contributed by atoms with Gasteiger partial charge in [-0.3, -0.25) is 4.79 Å². The molecule has 1 aromatic carbocycles. The zero-order chi connectivity index (χ0) is 13.3. The largest absolute Gasteiger partial charge is 0.505 e. The molecule has 5 heteroatoms. The van der Waals surface area contributed by atoms with Gasteiger partial charge in [-0.05, 0) is 44.3 Å². The van der Waals surface area contributed by atoms with E-state index in [0.717, 1.165) is 5.56 Å². The van der Waals surface area contributed by atoms with Gasteiger partial charge in [0.15, 0.2) is 5.75 Å². The fourth-order valence-corrected chi connectivity index (χ4v) is 2.81. The highest BCUT2D eigenvalue weighted by Crippen LogP contribution is 2.31. The van der Waals surface area contributed by atoms with Gasteiger partial charge >= 0.3 is 0 Å². The molecule has 1 aromatic heterocycles. The van der Waals surface area contributed by atoms with Gasteiger partial charge in [-0.15, -0.1) is 0 Å². The molecule has 0 radical (unpaired) electrons. The SMILES string of the molecule is Cc1c(Br)c(O)c(Br)c(=O)n1Cc1ccccc1. The maximum absolute atomic E-state index is 12.1. The van der Waals surface area contributed by atoms with Gasteiger partial charge in [0.2, 0.25) is 0 Å². The Morgan fingerprint density at radius 1 is 1.17 bits per heavy atom. The first-order valence-corrected chi connectivity index (χ1v) is 6.92. The van der Waals surface area contributed by atoms with Crippen molar-refractivity contribution in [2.45, 2.75) is 13.5 Å². The van der Waals surface area contributed by atoms with E-state index in [9.17, 15) is 9.90 Å². The maximum Gasteiger partial charge on any atom is 0.269 e. The highest BCUT2D eigenvalue weighted by molar-refractivity contribution is 9.11. The second kappa shape index (κ2) is 5.28. The minimum absolute atomic E-state index is 0.0539. The first kappa shape index (κ1) is 13.4. The van der Waals surface area contributed by atoms with Crippen molar-refractivity contribution in [3.63, 3.8) is 0 Å². The van der Waals surface area contributed by atoms with Gasteiger partial charge in [0.25, 0.3) is 5.56 Å². The van der Waals surface area contributed by atoms with E-state index in [-0.39, 0.29) is 15.8 Å². The lowest BCUT2D eigenvalue weighted by Crippen LogP contribution is -2.24. The van der Waals surface area contributed by atoms with Gasteiger partial charge in [-0.1, -0.05) is 30.3 Å². The molecular formula is C13H11Br2NO2. The maximum atomic E-state index is 12.1. The van der Waals surface area contributed by atoms with Crippen molar-refractivity contribution in [2.75, 3.05) is 0 Å². The van der Waals surface area contributed by atoms with Crippen LogP contribution in [0.4, 0.5) is 0 Å². The summed E-state index contributed by atoms with van der Waals surface area (Å²) in [6.07, 6.45) is 0. The summed E-state index contributed by atoms with van der Waals surface area (Å²) in [5.41, 5.74) is 1.49. The summed E-state index contributed by atoms with van der Waals surface area (Å²) in [6.45, 7) is 2.27. The number of pyridine rings is 1. The third-order valence-corrected chi connectivity index (χ3v) is 4.42. The van der Waals surface area contributed by atoms with Crippen LogP contribution < -0.4 is 5.56 Å². The molecule has 0 atom stereocenters. The Morgan fingerprint density at radius 3 is 2.39 bits per heavy atom. The molecule has 0 fully saturated rings. The van der Waals surface area contributed by atoms with Crippen LogP contribution in [0.3, 0.4) is 0 Å². The summed E-state index contributed by atoms with van der Waals surface area (Å²) in [6, 6.07) is 9.71. The number of nitrogens with zero attached hydrogens (tertiary/aromatic N) is 1. The summed E-state index contributed by atoms with van der Waals surface area (Å²) in [7, 11) is 0. The standard InChI is InChI=1S/C13H11Br2NO2/c1-8-10(14)12(17)11(15)13(18)16(8)7-9-5-3-2-4-6-9/h2-6,17H,7H2,1H3. The quantitative estimate of drug-likeness (QED) is 0.877. The van der Waals surface area contributed by atoms with Crippen molar-refractivity contribution in [3.05, 3.63) is 60.9 Å². The molecule has 0 saturated heterocycles. The van der Waals surface area contributed by atoms with Crippen LogP contribution >= 0.6 is 31.9 Å². The Labute approximate surface area is 121 Å². The molecule has 0 saturated carbocycles. The molecule has 0 amide bonds. The van der Waals surface area contributed by atoms with Gasteiger partial charge in [0.05, 0.1) is 11.0 Å². The van der Waals surface area contributed by atoms with Crippen molar-refractivity contribution >= 4 is 31.9 Å². The number of hydrogen-bond donors (Lipinski definition) is 1. The van der Waals surface area contributed by atoms with Crippen molar-refractivity contribution in [2.24, 2.45) is 0 Å². The Hall–Kier alpha value is -1.07. The Kier molecular flexibility index (Phi) is 3.92. The number of halogens is 2. The number of hydrogen-bond acceptors (Lipinski definition) is 2. The summed E-state index contributed by atoms with van der Waals surface area (Å²) in [5, 5.41) is 9.75. The summed E-state index contributed by atoms with van der Waals surface area (Å²) >= 11 is 6.40. The highest BCUT2D eigenvalue weighted by atomic mass is 79.9. The summed E-state index contributed by atoms with van der Waals surface area (Å²) in [5.74, 6) is -0.0539. The van der Waals surface area contributed by atoms with Crippen molar-refractivity contribution in [1.82, 2.24) is 4.57 Å². The van der Waals surface area contributed by atoms with Gasteiger partial charge in [-0.25, -0.2) is 0 Å². The monoisotopic (exact) mass is 371 g/mol. The molecule has 0 aliphatic carbocycles. The van der Waals surface area contributed by atoms with Crippen LogP contribution in [-0.2, 0) is 6.54 Å². The molecule has 0 bridgehead atoms. The zero-order valence-corrected chi connectivity index (χ0v) is 12.8. The number of benzene rings is 1. The Morgan fingerprint density at radius 2 is 1.78 bits per heavy atom. The van der Waals surface area contributed by atoms with E-state index in [1.54, 1.807) is 11.5 Å². The second-order valence-corrected chi connectivity index (χ2v) is 5.52. The molecule has 2 aromatic rings. The third kappa shape index (κ3) is 2.37. The molecule has 0 spiro atoms. The fourth-order valence-electron chi connectivity index (χ4n) is 1.71. The van der Waals surface area contributed by atoms with E-state index < -0.39 is 0 Å². The fraction of sp³-hybridized carbons (Fsp3) is 0.154. The smallest absolute Gasteiger partial charge is 0.269 e. The molecular weight excluding hydrogens is 362 g/mol. The van der Waals surface area contributed by atoms with Crippen LogP contribution in [0.2, 0.25) is 0 Å². The molecule has 3 nitrogen and oxygen atoms in total. The van der Waals surface area contributed by atoms with E-state index in [1.807, 2.05) is 30.3 Å². The topological polar surface area (TPSA) is 42.2 Å². The Bertz CT molecular complexity index is 636. The molecule has 0 unspecified atom stereocenters. The molecule has 94 valence electrons. The van der Waals surface area contributed by atoms with Crippen molar-refractivity contribution < 1.29 is 5.11 Å². The molecule has 0 aliphatic rings. The summed E-state index contributed by atoms with van der Waals surface area (Å²) in [4.78, 5) is 12.1. The average Bonchev–Trinajstić information content (AvgIpc) is 2.40. The van der Waals surface area contributed by atoms with Crippen LogP contribution in [0.5, 0.6) is 5.75 Å². The number of aromatic nitrogens is 1. The van der Waals surface area contributed by atoms with Gasteiger partial charge in [-0.2, -0.15) is 0 Å². The lowest BCUT2D eigenvalue weighted by molar-refractivity contribution is 0.462. The van der Waals surface area contributed by atoms with Crippen LogP contribution in [0.1, 0.15) is 11.3 Å². The Balaban J connectivity index is 2.56. The molecule has 1 N–H and O–H groups in total. The first-order chi connectivity index (χ1) is 8.52. The normalized spacial score (nSPS) is 10.6. The minimum Gasteiger partial charge on any atom is -0.505 e. The summed E-state index contributed by atoms with van der Waals surface area (Å²) < 4.78 is 2.32. The van der Waals surface area contributed by atoms with Crippen LogP contribution in [0.15, 0.2) is 44.1 Å². The lowest BCUT2D eigenvalue weighted by atomic mass is 10.2. The molecule has 1 heterocycles. The van der Waals surface area contributed by atoms with Crippen LogP contribution in [0.25, 0.3) is 0 Å². The number of rotatable bonds is 2. The predicted octanol–water partition coefficient (Wildman–Crippen LogP) is 3.44. The highest BCUT2D eigenvalue weighted by Gasteiger charge is 2.15. The lowest BCUT2D eigenvalue weighted by Gasteiger charge is -2.13. The average molecular weight is 373 g/mol. The molecule has 18 heavy (non-hydrogen) atoms. The third-order valence-electron chi connectivity index (χ3n) is 2.75. The first-order valence-electron chi connectivity index (χ1n) is 5.33. The van der Waals surface area contributed by atoms with E-state index in [2.05, 4.69) is 31.9 Å². The van der Waals surface area contributed by atoms with Gasteiger partial charge in [0.1, 0.15) is 4.47 Å². The molecule has 0 aliphatic heterocycles. The van der Waals surface area contributed by atoms with E-state index in [4.69, 9.17) is 0 Å².